The van der Waals surface area contributed by atoms with E-state index in [-0.39, 0.29) is 5.91 Å². The molecule has 1 heterocycles. The number of anilines is 1. The number of carbonyl (C=O) groups is 1. The summed E-state index contributed by atoms with van der Waals surface area (Å²) in [5.74, 6) is -0.217. The van der Waals surface area contributed by atoms with Crippen molar-refractivity contribution >= 4 is 27.5 Å². The fourth-order valence-electron chi connectivity index (χ4n) is 1.88. The molecule has 2 aromatic rings. The van der Waals surface area contributed by atoms with Gasteiger partial charge in [-0.25, -0.2) is 4.98 Å². The molecular weight excluding hydrogens is 320 g/mol. The quantitative estimate of drug-likeness (QED) is 0.871. The molecule has 0 saturated heterocycles. The van der Waals surface area contributed by atoms with Crippen LogP contribution in [0.3, 0.4) is 0 Å². The summed E-state index contributed by atoms with van der Waals surface area (Å²) in [6.07, 6.45) is -0.640. The van der Waals surface area contributed by atoms with Gasteiger partial charge in [0.15, 0.2) is 6.10 Å². The Balaban J connectivity index is 2.18. The lowest BCUT2D eigenvalue weighted by Crippen LogP contribution is -2.23. The van der Waals surface area contributed by atoms with Crippen LogP contribution in [0.1, 0.15) is 17.4 Å². The van der Waals surface area contributed by atoms with Crippen molar-refractivity contribution in [1.29, 1.82) is 0 Å². The predicted molar refractivity (Wildman–Crippen MR) is 81.5 cm³/mol. The number of amides is 1. The van der Waals surface area contributed by atoms with Crippen molar-refractivity contribution in [2.45, 2.75) is 13.0 Å². The first-order valence-corrected chi connectivity index (χ1v) is 6.93. The number of nitrogens with zero attached hydrogens (tertiary/aromatic N) is 1. The average Bonchev–Trinajstić information content (AvgIpc) is 2.44. The minimum absolute atomic E-state index is 0.217. The summed E-state index contributed by atoms with van der Waals surface area (Å²) >= 11 is 3.29. The maximum absolute atomic E-state index is 12.3. The Bertz CT molecular complexity index is 602. The predicted octanol–water partition coefficient (Wildman–Crippen LogP) is 3.48. The number of carbonyl (C=O) groups excluding carboxylic acids is 1. The number of hydrogen-bond acceptors (Lipinski definition) is 3. The second-order valence-corrected chi connectivity index (χ2v) is 5.10. The second-order valence-electron chi connectivity index (χ2n) is 4.28. The van der Waals surface area contributed by atoms with Crippen molar-refractivity contribution in [3.05, 3.63) is 58.3 Å². The van der Waals surface area contributed by atoms with Gasteiger partial charge in [-0.15, -0.1) is 0 Å². The van der Waals surface area contributed by atoms with Gasteiger partial charge in [-0.1, -0.05) is 30.3 Å². The monoisotopic (exact) mass is 334 g/mol. The highest BCUT2D eigenvalue weighted by atomic mass is 79.9. The average molecular weight is 335 g/mol. The van der Waals surface area contributed by atoms with E-state index < -0.39 is 6.10 Å². The summed E-state index contributed by atoms with van der Waals surface area (Å²) in [6.45, 7) is 1.84. The minimum Gasteiger partial charge on any atom is -0.367 e. The van der Waals surface area contributed by atoms with Crippen LogP contribution in [0.2, 0.25) is 0 Å². The Morgan fingerprint density at radius 1 is 1.25 bits per heavy atom. The van der Waals surface area contributed by atoms with Crippen molar-refractivity contribution < 1.29 is 9.53 Å². The molecule has 1 N–H and O–H groups in total. The number of benzene rings is 1. The molecule has 2 rings (SSSR count). The van der Waals surface area contributed by atoms with Gasteiger partial charge in [0.1, 0.15) is 4.60 Å². The third-order valence-corrected chi connectivity index (χ3v) is 3.33. The smallest absolute Gasteiger partial charge is 0.258 e. The van der Waals surface area contributed by atoms with Gasteiger partial charge >= 0.3 is 0 Å². The number of aryl methyl sites for hydroxylation is 1. The van der Waals surface area contributed by atoms with Crippen molar-refractivity contribution in [1.82, 2.24) is 4.98 Å². The first-order valence-electron chi connectivity index (χ1n) is 6.13. The molecule has 0 fully saturated rings. The summed E-state index contributed by atoms with van der Waals surface area (Å²) in [4.78, 5) is 16.6. The van der Waals surface area contributed by atoms with Crippen molar-refractivity contribution in [2.75, 3.05) is 12.4 Å². The standard InChI is InChI=1S/C15H15BrN2O2/c1-10-12(8-9-13(16)17-10)18-15(19)14(20-2)11-6-4-3-5-7-11/h3-9,14H,1-2H3,(H,18,19). The normalized spacial score (nSPS) is 11.9. The summed E-state index contributed by atoms with van der Waals surface area (Å²) in [6, 6.07) is 13.0. The van der Waals surface area contributed by atoms with Crippen LogP contribution in [-0.4, -0.2) is 18.0 Å². The van der Waals surface area contributed by atoms with E-state index >= 15 is 0 Å². The van der Waals surface area contributed by atoms with E-state index in [0.29, 0.717) is 5.69 Å². The molecule has 0 spiro atoms. The molecule has 4 nitrogen and oxygen atoms in total. The third-order valence-electron chi connectivity index (χ3n) is 2.89. The molecule has 0 radical (unpaired) electrons. The molecule has 1 amide bonds. The number of rotatable bonds is 4. The van der Waals surface area contributed by atoms with Crippen LogP contribution in [0, 0.1) is 6.92 Å². The Kier molecular flexibility index (Phi) is 4.87. The molecule has 0 saturated carbocycles. The van der Waals surface area contributed by atoms with Crippen LogP contribution < -0.4 is 5.32 Å². The Hall–Kier alpha value is -1.72. The van der Waals surface area contributed by atoms with Crippen molar-refractivity contribution in [3.63, 3.8) is 0 Å². The number of aromatic nitrogens is 1. The number of halogens is 1. The topological polar surface area (TPSA) is 51.2 Å². The highest BCUT2D eigenvalue weighted by molar-refractivity contribution is 9.10. The largest absolute Gasteiger partial charge is 0.367 e. The highest BCUT2D eigenvalue weighted by Crippen LogP contribution is 2.21. The van der Waals surface area contributed by atoms with E-state index in [2.05, 4.69) is 26.2 Å². The molecule has 0 aliphatic heterocycles. The lowest BCUT2D eigenvalue weighted by atomic mass is 10.1. The zero-order valence-corrected chi connectivity index (χ0v) is 12.8. The highest BCUT2D eigenvalue weighted by Gasteiger charge is 2.20. The van der Waals surface area contributed by atoms with Crippen LogP contribution >= 0.6 is 15.9 Å². The summed E-state index contributed by atoms with van der Waals surface area (Å²) in [5, 5.41) is 2.84. The van der Waals surface area contributed by atoms with Gasteiger partial charge in [-0.05, 0) is 40.5 Å². The summed E-state index contributed by atoms with van der Waals surface area (Å²) < 4.78 is 6.03. The molecule has 1 aromatic carbocycles. The Labute approximate surface area is 126 Å². The Morgan fingerprint density at radius 3 is 2.55 bits per heavy atom. The molecule has 1 aromatic heterocycles. The molecule has 0 aliphatic carbocycles. The molecule has 1 unspecified atom stereocenters. The lowest BCUT2D eigenvalue weighted by Gasteiger charge is -2.16. The fraction of sp³-hybridized carbons (Fsp3) is 0.200. The Morgan fingerprint density at radius 2 is 1.95 bits per heavy atom. The molecule has 1 atom stereocenters. The van der Waals surface area contributed by atoms with Gasteiger partial charge in [-0.2, -0.15) is 0 Å². The molecule has 0 aliphatic rings. The number of methoxy groups -OCH3 is 1. The maximum Gasteiger partial charge on any atom is 0.258 e. The van der Waals surface area contributed by atoms with E-state index in [4.69, 9.17) is 4.74 Å². The van der Waals surface area contributed by atoms with E-state index in [0.717, 1.165) is 15.9 Å². The van der Waals surface area contributed by atoms with Crippen LogP contribution in [-0.2, 0) is 9.53 Å². The first-order chi connectivity index (χ1) is 9.61. The number of hydrogen-bond donors (Lipinski definition) is 1. The van der Waals surface area contributed by atoms with E-state index in [1.807, 2.05) is 43.3 Å². The fourth-order valence-corrected chi connectivity index (χ4v) is 2.28. The summed E-state index contributed by atoms with van der Waals surface area (Å²) in [7, 11) is 1.52. The molecule has 104 valence electrons. The minimum atomic E-state index is -0.640. The van der Waals surface area contributed by atoms with Gasteiger partial charge in [0, 0.05) is 7.11 Å². The maximum atomic E-state index is 12.3. The zero-order chi connectivity index (χ0) is 14.5. The van der Waals surface area contributed by atoms with E-state index in [9.17, 15) is 4.79 Å². The molecule has 0 bridgehead atoms. The van der Waals surface area contributed by atoms with Crippen LogP contribution in [0.5, 0.6) is 0 Å². The van der Waals surface area contributed by atoms with Gasteiger partial charge in [-0.3, -0.25) is 4.79 Å². The number of ether oxygens (including phenoxy) is 1. The van der Waals surface area contributed by atoms with Gasteiger partial charge < -0.3 is 10.1 Å². The van der Waals surface area contributed by atoms with Crippen molar-refractivity contribution in [3.8, 4) is 0 Å². The molecule has 20 heavy (non-hydrogen) atoms. The SMILES string of the molecule is COC(C(=O)Nc1ccc(Br)nc1C)c1ccccc1. The molecular formula is C15H15BrN2O2. The van der Waals surface area contributed by atoms with E-state index in [1.54, 1.807) is 6.07 Å². The van der Waals surface area contributed by atoms with Crippen LogP contribution in [0.15, 0.2) is 47.1 Å². The van der Waals surface area contributed by atoms with E-state index in [1.165, 1.54) is 7.11 Å². The van der Waals surface area contributed by atoms with Gasteiger partial charge in [0.05, 0.1) is 11.4 Å². The lowest BCUT2D eigenvalue weighted by molar-refractivity contribution is -0.126. The first kappa shape index (κ1) is 14.7. The molecule has 5 heteroatoms. The number of nitrogens with one attached hydrogen (secondary N) is 1. The number of pyridine rings is 1. The summed E-state index contributed by atoms with van der Waals surface area (Å²) in [5.41, 5.74) is 2.24. The van der Waals surface area contributed by atoms with Crippen LogP contribution in [0.25, 0.3) is 0 Å². The second kappa shape index (κ2) is 6.63. The van der Waals surface area contributed by atoms with Crippen LogP contribution in [0.4, 0.5) is 5.69 Å². The third kappa shape index (κ3) is 3.43. The zero-order valence-electron chi connectivity index (χ0n) is 11.3. The van der Waals surface area contributed by atoms with Gasteiger partial charge in [0.2, 0.25) is 0 Å². The van der Waals surface area contributed by atoms with Gasteiger partial charge in [0.25, 0.3) is 5.91 Å². The van der Waals surface area contributed by atoms with Crippen molar-refractivity contribution in [2.24, 2.45) is 0 Å².